The molecule has 2 aromatic heterocycles. The molecule has 0 amide bonds. The molecule has 6 rings (SSSR count). The Labute approximate surface area is 197 Å². The van der Waals surface area contributed by atoms with Gasteiger partial charge in [-0.05, 0) is 45.4 Å². The van der Waals surface area contributed by atoms with E-state index < -0.39 is 11.5 Å². The van der Waals surface area contributed by atoms with E-state index in [1.54, 1.807) is 12.1 Å². The number of benzene rings is 1. The second-order valence-corrected chi connectivity index (χ2v) is 9.87. The molecule has 0 aliphatic carbocycles. The van der Waals surface area contributed by atoms with Gasteiger partial charge in [0.2, 0.25) is 0 Å². The second kappa shape index (κ2) is 8.09. The fraction of sp³-hybridized carbons (Fsp3) is 0.480. The molecule has 3 aromatic rings. The molecule has 0 radical (unpaired) electrons. The number of nitrogens with one attached hydrogen (secondary N) is 1. The molecule has 2 bridgehead atoms. The summed E-state index contributed by atoms with van der Waals surface area (Å²) >= 11 is 0. The highest BCUT2D eigenvalue weighted by atomic mass is 19.3. The summed E-state index contributed by atoms with van der Waals surface area (Å²) < 4.78 is 35.2. The van der Waals surface area contributed by atoms with Crippen molar-refractivity contribution >= 4 is 22.4 Å². The van der Waals surface area contributed by atoms with Gasteiger partial charge in [-0.2, -0.15) is 13.9 Å². The number of ether oxygens (including phenoxy) is 1. The Hall–Kier alpha value is -2.91. The maximum Gasteiger partial charge on any atom is 0.300 e. The standard InChI is InChI=1S/C25H29F2N5O2/c1-14(16-6-5-7-17(8-16)25(26,27)24(3,4)33)29-23-21-9-18(11-28-22(21)15(2)30-31-23)32-12-19-10-20(13-32)34-19/h5-9,11,14,19-20,33H,10,12-13H2,1-4H3,(H,29,31)/t14-,19?,20?/m1/s1. The van der Waals surface area contributed by atoms with Gasteiger partial charge in [0.25, 0.3) is 0 Å². The maximum atomic E-state index is 14.7. The number of rotatable bonds is 6. The fourth-order valence-corrected chi connectivity index (χ4v) is 4.64. The van der Waals surface area contributed by atoms with Gasteiger partial charge in [0.1, 0.15) is 5.60 Å². The molecule has 1 aromatic carbocycles. The van der Waals surface area contributed by atoms with Crippen molar-refractivity contribution in [1.29, 1.82) is 0 Å². The summed E-state index contributed by atoms with van der Waals surface area (Å²) in [6.07, 6.45) is 3.52. The first-order chi connectivity index (χ1) is 16.0. The van der Waals surface area contributed by atoms with Crippen LogP contribution in [0.1, 0.15) is 50.1 Å². The summed E-state index contributed by atoms with van der Waals surface area (Å²) in [6.45, 7) is 7.63. The van der Waals surface area contributed by atoms with Crippen LogP contribution in [0.15, 0.2) is 36.5 Å². The van der Waals surface area contributed by atoms with E-state index in [0.29, 0.717) is 11.4 Å². The Bertz CT molecular complexity index is 1210. The van der Waals surface area contributed by atoms with Crippen molar-refractivity contribution in [3.63, 3.8) is 0 Å². The van der Waals surface area contributed by atoms with Crippen molar-refractivity contribution in [3.8, 4) is 0 Å². The summed E-state index contributed by atoms with van der Waals surface area (Å²) in [5.41, 5.74) is 0.699. The Morgan fingerprint density at radius 1 is 1.18 bits per heavy atom. The van der Waals surface area contributed by atoms with Gasteiger partial charge >= 0.3 is 5.92 Å². The van der Waals surface area contributed by atoms with Gasteiger partial charge in [0.05, 0.1) is 41.3 Å². The number of nitrogens with zero attached hydrogens (tertiary/aromatic N) is 4. The smallest absolute Gasteiger partial charge is 0.300 e. The largest absolute Gasteiger partial charge is 0.384 e. The van der Waals surface area contributed by atoms with Gasteiger partial charge in [-0.25, -0.2) is 0 Å². The molecule has 0 saturated carbocycles. The number of aryl methyl sites for hydroxylation is 1. The molecule has 3 saturated heterocycles. The minimum absolute atomic E-state index is 0.235. The lowest BCUT2D eigenvalue weighted by atomic mass is 9.91. The molecule has 0 spiro atoms. The minimum Gasteiger partial charge on any atom is -0.384 e. The molecule has 3 atom stereocenters. The lowest BCUT2D eigenvalue weighted by molar-refractivity contribution is -0.168. The van der Waals surface area contributed by atoms with Crippen molar-refractivity contribution in [2.45, 2.75) is 63.9 Å². The van der Waals surface area contributed by atoms with Gasteiger partial charge in [-0.15, -0.1) is 5.10 Å². The van der Waals surface area contributed by atoms with Gasteiger partial charge in [0.15, 0.2) is 5.82 Å². The highest BCUT2D eigenvalue weighted by Gasteiger charge is 2.47. The Morgan fingerprint density at radius 2 is 1.88 bits per heavy atom. The van der Waals surface area contributed by atoms with Crippen molar-refractivity contribution in [1.82, 2.24) is 15.2 Å². The zero-order valence-corrected chi connectivity index (χ0v) is 19.7. The quantitative estimate of drug-likeness (QED) is 0.555. The normalized spacial score (nSPS) is 21.3. The number of alkyl halides is 2. The number of halogens is 2. The first-order valence-electron chi connectivity index (χ1n) is 11.5. The number of aromatic nitrogens is 3. The minimum atomic E-state index is -3.39. The highest BCUT2D eigenvalue weighted by Crippen LogP contribution is 2.40. The van der Waals surface area contributed by atoms with Gasteiger partial charge in [-0.1, -0.05) is 18.2 Å². The molecule has 7 nitrogen and oxygen atoms in total. The molecule has 9 heteroatoms. The fourth-order valence-electron chi connectivity index (χ4n) is 4.64. The number of pyridine rings is 1. The second-order valence-electron chi connectivity index (χ2n) is 9.87. The van der Waals surface area contributed by atoms with Crippen LogP contribution in [0, 0.1) is 6.92 Å². The van der Waals surface area contributed by atoms with Crippen LogP contribution in [0.2, 0.25) is 0 Å². The monoisotopic (exact) mass is 469 g/mol. The zero-order chi connectivity index (χ0) is 24.3. The summed E-state index contributed by atoms with van der Waals surface area (Å²) in [7, 11) is 0. The lowest BCUT2D eigenvalue weighted by Crippen LogP contribution is -2.57. The maximum absolute atomic E-state index is 14.7. The van der Waals surface area contributed by atoms with Crippen molar-refractivity contribution in [2.24, 2.45) is 0 Å². The predicted octanol–water partition coefficient (Wildman–Crippen LogP) is 4.35. The number of piperidine rings is 1. The number of fused-ring (bicyclic) bond motifs is 3. The van der Waals surface area contributed by atoms with Gasteiger partial charge < -0.3 is 20.1 Å². The van der Waals surface area contributed by atoms with E-state index in [4.69, 9.17) is 4.74 Å². The molecule has 180 valence electrons. The average Bonchev–Trinajstić information content (AvgIpc) is 2.79. The Morgan fingerprint density at radius 3 is 2.56 bits per heavy atom. The zero-order valence-electron chi connectivity index (χ0n) is 19.7. The van der Waals surface area contributed by atoms with E-state index in [-0.39, 0.29) is 23.8 Å². The van der Waals surface area contributed by atoms with Crippen molar-refractivity contribution in [2.75, 3.05) is 23.3 Å². The third-order valence-corrected chi connectivity index (χ3v) is 6.77. The SMILES string of the molecule is Cc1nnc(N[C@H](C)c2cccc(C(F)(F)C(C)(C)O)c2)c2cc(N3CC4CC(C3)O4)cnc12. The van der Waals surface area contributed by atoms with Crippen LogP contribution < -0.4 is 10.2 Å². The number of aliphatic hydroxyl groups is 1. The molecule has 34 heavy (non-hydrogen) atoms. The van der Waals surface area contributed by atoms with Crippen LogP contribution in [-0.2, 0) is 10.7 Å². The Kier molecular flexibility index (Phi) is 5.44. The van der Waals surface area contributed by atoms with Crippen LogP contribution in [0.4, 0.5) is 20.3 Å². The van der Waals surface area contributed by atoms with Crippen LogP contribution in [0.5, 0.6) is 0 Å². The lowest BCUT2D eigenvalue weighted by Gasteiger charge is -2.47. The molecule has 2 N–H and O–H groups in total. The van der Waals surface area contributed by atoms with E-state index in [1.165, 1.54) is 12.1 Å². The molecule has 3 fully saturated rings. The summed E-state index contributed by atoms with van der Waals surface area (Å²) in [6, 6.07) is 7.82. The number of hydrogen-bond donors (Lipinski definition) is 2. The number of anilines is 2. The molecule has 5 heterocycles. The summed E-state index contributed by atoms with van der Waals surface area (Å²) in [4.78, 5) is 6.94. The average molecular weight is 470 g/mol. The molecule has 2 unspecified atom stereocenters. The van der Waals surface area contributed by atoms with E-state index >= 15 is 0 Å². The molecular formula is C25H29F2N5O2. The van der Waals surface area contributed by atoms with Crippen molar-refractivity contribution in [3.05, 3.63) is 53.3 Å². The number of morpholine rings is 1. The Balaban J connectivity index is 1.45. The number of hydrogen-bond acceptors (Lipinski definition) is 7. The van der Waals surface area contributed by atoms with Crippen LogP contribution in [0.3, 0.4) is 0 Å². The van der Waals surface area contributed by atoms with Crippen LogP contribution in [0.25, 0.3) is 10.9 Å². The third kappa shape index (κ3) is 3.96. The molecule has 3 aliphatic heterocycles. The summed E-state index contributed by atoms with van der Waals surface area (Å²) in [5.74, 6) is -2.85. The molecule has 3 aliphatic rings. The van der Waals surface area contributed by atoms with Crippen LogP contribution >= 0.6 is 0 Å². The van der Waals surface area contributed by atoms with E-state index in [9.17, 15) is 13.9 Å². The third-order valence-electron chi connectivity index (χ3n) is 6.77. The topological polar surface area (TPSA) is 83.4 Å². The van der Waals surface area contributed by atoms with E-state index in [1.807, 2.05) is 20.0 Å². The summed E-state index contributed by atoms with van der Waals surface area (Å²) in [5, 5.41) is 22.7. The van der Waals surface area contributed by atoms with Crippen molar-refractivity contribution < 1.29 is 18.6 Å². The molecular weight excluding hydrogens is 440 g/mol. The van der Waals surface area contributed by atoms with E-state index in [2.05, 4.69) is 31.5 Å². The predicted molar refractivity (Wildman–Crippen MR) is 126 cm³/mol. The first kappa shape index (κ1) is 22.9. The van der Waals surface area contributed by atoms with Gasteiger partial charge in [0, 0.05) is 30.5 Å². The highest BCUT2D eigenvalue weighted by molar-refractivity contribution is 5.92. The van der Waals surface area contributed by atoms with Gasteiger partial charge in [-0.3, -0.25) is 4.98 Å². The van der Waals surface area contributed by atoms with E-state index in [0.717, 1.165) is 55.6 Å². The van der Waals surface area contributed by atoms with Crippen LogP contribution in [-0.4, -0.2) is 51.2 Å². The first-order valence-corrected chi connectivity index (χ1v) is 11.5.